The predicted molar refractivity (Wildman–Crippen MR) is 348 cm³/mol. The van der Waals surface area contributed by atoms with Crippen LogP contribution in [0.2, 0.25) is 0 Å². The quantitative estimate of drug-likeness (QED) is 0.0237. The highest BCUT2D eigenvalue weighted by atomic mass is 32.2. The molecule has 0 aliphatic heterocycles. The third-order valence-electron chi connectivity index (χ3n) is 16.4. The van der Waals surface area contributed by atoms with Crippen molar-refractivity contribution in [1.29, 1.82) is 0 Å². The molecule has 498 valence electrons. The standard InChI is InChI=1S/C68H129N5O11S/c1-4-7-10-13-16-19-22-25-28-31-34-37-40-43-46-49-63(77)69-59(68(82)70-62-53-73(72-71-62)52-60(75)66(80)67(81)61(76)54-74)57-85-56-58(84-65(79)51-48-45-42-39-36-33-30-27-24-21-18-15-12-9-6-3)55-83-64(78)50-47-44-41-38-35-32-29-26-23-20-17-14-11-8-5-2/h53,58-61,66-67,74-76,80-81H,4-52,54-57H2,1-3H3,(H,69,77)(H,70,82)/t58-,59-,60+,61-,66+,67-/m1/s1. The van der Waals surface area contributed by atoms with Gasteiger partial charge in [-0.2, -0.15) is 11.8 Å². The molecule has 0 aliphatic rings. The second-order valence-corrected chi connectivity index (χ2v) is 25.7. The smallest absolute Gasteiger partial charge is 0.306 e. The number of hydrogen-bond acceptors (Lipinski definition) is 14. The molecule has 1 heterocycles. The van der Waals surface area contributed by atoms with E-state index in [1.807, 2.05) is 0 Å². The lowest BCUT2D eigenvalue weighted by Crippen LogP contribution is -2.47. The van der Waals surface area contributed by atoms with Crippen molar-refractivity contribution in [2.45, 2.75) is 372 Å². The molecule has 17 heteroatoms. The molecule has 1 aromatic rings. The molecule has 0 fully saturated rings. The third kappa shape index (κ3) is 48.7. The molecule has 0 aromatic carbocycles. The highest BCUT2D eigenvalue weighted by molar-refractivity contribution is 7.99. The Kier molecular flexibility index (Phi) is 55.5. The topological polar surface area (TPSA) is 243 Å². The van der Waals surface area contributed by atoms with Gasteiger partial charge >= 0.3 is 11.9 Å². The maximum atomic E-state index is 13.9. The normalized spacial score (nSPS) is 13.7. The second kappa shape index (κ2) is 58.8. The van der Waals surface area contributed by atoms with Crippen LogP contribution in [0.15, 0.2) is 6.20 Å². The highest BCUT2D eigenvalue weighted by Gasteiger charge is 2.31. The van der Waals surface area contributed by atoms with Gasteiger partial charge in [-0.1, -0.05) is 296 Å². The monoisotopic (exact) mass is 1220 g/mol. The van der Waals surface area contributed by atoms with Crippen molar-refractivity contribution in [3.63, 3.8) is 0 Å². The molecule has 0 bridgehead atoms. The summed E-state index contributed by atoms with van der Waals surface area (Å²) in [6, 6.07) is -1.04. The fourth-order valence-corrected chi connectivity index (χ4v) is 11.9. The number of nitrogens with one attached hydrogen (secondary N) is 2. The van der Waals surface area contributed by atoms with Gasteiger partial charge in [-0.25, -0.2) is 4.68 Å². The van der Waals surface area contributed by atoms with Crippen LogP contribution in [-0.4, -0.2) is 126 Å². The number of rotatable bonds is 64. The van der Waals surface area contributed by atoms with Crippen molar-refractivity contribution in [1.82, 2.24) is 20.3 Å². The number of carbonyl (C=O) groups is 4. The van der Waals surface area contributed by atoms with Crippen molar-refractivity contribution in [3.05, 3.63) is 6.20 Å². The van der Waals surface area contributed by atoms with Gasteiger partial charge in [-0.05, 0) is 19.3 Å². The Labute approximate surface area is 521 Å². The number of anilines is 1. The van der Waals surface area contributed by atoms with Gasteiger partial charge in [0, 0.05) is 30.8 Å². The van der Waals surface area contributed by atoms with Crippen LogP contribution in [0.1, 0.15) is 329 Å². The average molecular weight is 1220 g/mol. The number of unbranched alkanes of at least 4 members (excludes halogenated alkanes) is 42. The summed E-state index contributed by atoms with van der Waals surface area (Å²) in [7, 11) is 0. The maximum Gasteiger partial charge on any atom is 0.306 e. The number of ether oxygens (including phenoxy) is 2. The van der Waals surface area contributed by atoms with Gasteiger partial charge in [-0.15, -0.1) is 5.10 Å². The Morgan fingerprint density at radius 3 is 1.22 bits per heavy atom. The lowest BCUT2D eigenvalue weighted by atomic mass is 10.0. The Morgan fingerprint density at radius 2 is 0.835 bits per heavy atom. The number of hydrogen-bond donors (Lipinski definition) is 7. The Bertz CT molecular complexity index is 1690. The zero-order valence-corrected chi connectivity index (χ0v) is 55.3. The van der Waals surface area contributed by atoms with Gasteiger partial charge in [0.25, 0.3) is 0 Å². The lowest BCUT2D eigenvalue weighted by Gasteiger charge is -2.25. The van der Waals surface area contributed by atoms with Crippen LogP contribution in [0.4, 0.5) is 5.82 Å². The van der Waals surface area contributed by atoms with Crippen molar-refractivity contribution < 1.29 is 54.2 Å². The molecule has 2 amide bonds. The number of thioether (sulfide) groups is 1. The Morgan fingerprint density at radius 1 is 0.482 bits per heavy atom. The summed E-state index contributed by atoms with van der Waals surface area (Å²) in [6.45, 7) is 5.47. The summed E-state index contributed by atoms with van der Waals surface area (Å²) in [4.78, 5) is 53.7. The number of amides is 2. The zero-order chi connectivity index (χ0) is 62.1. The molecular formula is C68H129N5O11S. The second-order valence-electron chi connectivity index (χ2n) is 24.7. The highest BCUT2D eigenvalue weighted by Crippen LogP contribution is 2.20. The molecule has 6 atom stereocenters. The Hall–Kier alpha value is -2.83. The average Bonchev–Trinajstić information content (AvgIpc) is 4.22. The van der Waals surface area contributed by atoms with E-state index in [9.17, 15) is 39.6 Å². The molecule has 85 heavy (non-hydrogen) atoms. The summed E-state index contributed by atoms with van der Waals surface area (Å²) in [5, 5.41) is 63.3. The number of aliphatic hydroxyl groups is 5. The van der Waals surface area contributed by atoms with Crippen LogP contribution in [-0.2, 0) is 35.2 Å². The molecule has 0 unspecified atom stereocenters. The van der Waals surface area contributed by atoms with Crippen molar-refractivity contribution >= 4 is 41.3 Å². The molecule has 0 saturated carbocycles. The van der Waals surface area contributed by atoms with E-state index in [0.717, 1.165) is 62.5 Å². The van der Waals surface area contributed by atoms with Crippen LogP contribution < -0.4 is 10.6 Å². The van der Waals surface area contributed by atoms with Gasteiger partial charge in [0.05, 0.1) is 19.3 Å². The van der Waals surface area contributed by atoms with E-state index in [1.165, 1.54) is 236 Å². The van der Waals surface area contributed by atoms with Crippen molar-refractivity contribution in [2.75, 3.05) is 30.0 Å². The van der Waals surface area contributed by atoms with Crippen molar-refractivity contribution in [2.24, 2.45) is 0 Å². The van der Waals surface area contributed by atoms with Crippen LogP contribution in [0, 0.1) is 0 Å². The van der Waals surface area contributed by atoms with E-state index in [1.54, 1.807) is 0 Å². The van der Waals surface area contributed by atoms with Gasteiger partial charge in [0.15, 0.2) is 5.82 Å². The summed E-state index contributed by atoms with van der Waals surface area (Å²) in [5.74, 6) is -1.24. The van der Waals surface area contributed by atoms with Gasteiger partial charge in [0.2, 0.25) is 11.8 Å². The van der Waals surface area contributed by atoms with E-state index in [4.69, 9.17) is 14.6 Å². The fourth-order valence-electron chi connectivity index (χ4n) is 10.8. The lowest BCUT2D eigenvalue weighted by molar-refractivity contribution is -0.157. The number of esters is 2. The first-order valence-corrected chi connectivity index (χ1v) is 36.4. The number of carbonyl (C=O) groups excluding carboxylic acids is 4. The van der Waals surface area contributed by atoms with Crippen LogP contribution in [0.5, 0.6) is 0 Å². The Balaban J connectivity index is 2.86. The van der Waals surface area contributed by atoms with Crippen LogP contribution in [0.25, 0.3) is 0 Å². The first kappa shape index (κ1) is 80.2. The molecule has 0 radical (unpaired) electrons. The minimum atomic E-state index is -1.82. The van der Waals surface area contributed by atoms with E-state index < -0.39 is 49.1 Å². The minimum Gasteiger partial charge on any atom is -0.462 e. The summed E-state index contributed by atoms with van der Waals surface area (Å²) < 4.78 is 12.8. The van der Waals surface area contributed by atoms with E-state index >= 15 is 0 Å². The number of aliphatic hydroxyl groups excluding tert-OH is 5. The predicted octanol–water partition coefficient (Wildman–Crippen LogP) is 15.1. The van der Waals surface area contributed by atoms with E-state index in [2.05, 4.69) is 41.7 Å². The SMILES string of the molecule is CCCCCCCCCCCCCCCCCC(=O)N[C@H](CSC[C@@H](COC(=O)CCCCCCCCCCCCCCCCC)OC(=O)CCCCCCCCCCCCCCCCC)C(=O)Nc1cn(C[C@H](O)[C@H](O)[C@H](O)[C@H](O)CO)nn1. The van der Waals surface area contributed by atoms with Gasteiger partial charge in [-0.3, -0.25) is 19.2 Å². The molecule has 1 aromatic heterocycles. The molecule has 16 nitrogen and oxygen atoms in total. The van der Waals surface area contributed by atoms with Crippen LogP contribution in [0.3, 0.4) is 0 Å². The first-order valence-electron chi connectivity index (χ1n) is 35.2. The third-order valence-corrected chi connectivity index (χ3v) is 17.6. The first-order chi connectivity index (χ1) is 41.4. The molecule has 7 N–H and O–H groups in total. The summed E-state index contributed by atoms with van der Waals surface area (Å²) in [5.41, 5.74) is 0. The molecular weight excluding hydrogens is 1090 g/mol. The van der Waals surface area contributed by atoms with Gasteiger partial charge in [0.1, 0.15) is 43.2 Å². The van der Waals surface area contributed by atoms with Crippen molar-refractivity contribution in [3.8, 4) is 0 Å². The number of aromatic nitrogens is 3. The minimum absolute atomic E-state index is 0.000829. The number of nitrogens with zero attached hydrogens (tertiary/aromatic N) is 3. The van der Waals surface area contributed by atoms with Crippen LogP contribution >= 0.6 is 11.8 Å². The van der Waals surface area contributed by atoms with E-state index in [0.29, 0.717) is 12.8 Å². The molecule has 0 aliphatic carbocycles. The zero-order valence-electron chi connectivity index (χ0n) is 54.5. The largest absolute Gasteiger partial charge is 0.462 e. The summed E-state index contributed by atoms with van der Waals surface area (Å²) >= 11 is 1.30. The molecule has 1 rings (SSSR count). The maximum absolute atomic E-state index is 13.9. The van der Waals surface area contributed by atoms with Gasteiger partial charge < -0.3 is 45.6 Å². The fraction of sp³-hybridized carbons (Fsp3) is 0.912. The van der Waals surface area contributed by atoms with E-state index in [-0.39, 0.29) is 67.6 Å². The summed E-state index contributed by atoms with van der Waals surface area (Å²) in [6.07, 6.45) is 49.4. The molecule has 0 spiro atoms. The molecule has 0 saturated heterocycles.